The van der Waals surface area contributed by atoms with Crippen LogP contribution in [0.5, 0.6) is 11.5 Å². The monoisotopic (exact) mass is 582 g/mol. The van der Waals surface area contributed by atoms with E-state index in [1.165, 1.54) is 54.8 Å². The lowest BCUT2D eigenvalue weighted by Gasteiger charge is -2.34. The predicted molar refractivity (Wildman–Crippen MR) is 181 cm³/mol. The van der Waals surface area contributed by atoms with Crippen LogP contribution in [-0.4, -0.2) is 19.1 Å². The number of para-hydroxylation sites is 2. The zero-order valence-corrected chi connectivity index (χ0v) is 25.6. The molecule has 0 atom stereocenters. The molecule has 216 valence electrons. The second-order valence-electron chi connectivity index (χ2n) is 13.5. The minimum Gasteiger partial charge on any atom is -0.457 e. The van der Waals surface area contributed by atoms with Crippen LogP contribution in [0.1, 0.15) is 49.9 Å². The van der Waals surface area contributed by atoms with Gasteiger partial charge < -0.3 is 4.74 Å². The Bertz CT molecular complexity index is 2580. The molecule has 8 aromatic rings. The van der Waals surface area contributed by atoms with Gasteiger partial charge in [0.05, 0.1) is 22.2 Å². The first kappa shape index (κ1) is 25.0. The van der Waals surface area contributed by atoms with Crippen molar-refractivity contribution in [3.8, 4) is 23.0 Å². The molecule has 0 aliphatic carbocycles. The van der Waals surface area contributed by atoms with Gasteiger partial charge in [0.15, 0.2) is 0 Å². The average Bonchev–Trinajstić information content (AvgIpc) is 3.56. The molecule has 0 bridgehead atoms. The molecule has 6 heterocycles. The van der Waals surface area contributed by atoms with Crippen LogP contribution in [0.3, 0.4) is 0 Å². The van der Waals surface area contributed by atoms with Crippen LogP contribution in [-0.2, 0) is 10.8 Å². The third-order valence-corrected chi connectivity index (χ3v) is 10.4. The Kier molecular flexibility index (Phi) is 4.54. The summed E-state index contributed by atoms with van der Waals surface area (Å²) in [5, 5.41) is 4.84. The standard InChI is InChI=1S/C40H30N4O/c1-39(2)29-18-16-24(22-34(29)44-36-27(10-6-12-30(36)39)28-11-7-19-41-37(28)44)45-23-15-17-25-26-9-5-13-31-35(26)43(33(25)21-23)38-32(40(31,3)4)14-8-20-42-38/h5-22H,1-4H3. The molecule has 5 heteroatoms. The van der Waals surface area contributed by atoms with E-state index in [1.54, 1.807) is 0 Å². The highest BCUT2D eigenvalue weighted by molar-refractivity contribution is 6.12. The number of hydrogen-bond acceptors (Lipinski definition) is 3. The fourth-order valence-electron chi connectivity index (χ4n) is 8.24. The van der Waals surface area contributed by atoms with Crippen LogP contribution in [0.25, 0.3) is 55.2 Å². The van der Waals surface area contributed by atoms with Crippen LogP contribution >= 0.6 is 0 Å². The number of nitrogens with zero attached hydrogens (tertiary/aromatic N) is 4. The van der Waals surface area contributed by atoms with Crippen molar-refractivity contribution < 1.29 is 4.74 Å². The van der Waals surface area contributed by atoms with E-state index < -0.39 is 0 Å². The number of aromatic nitrogens is 4. The van der Waals surface area contributed by atoms with Gasteiger partial charge in [-0.25, -0.2) is 9.97 Å². The lowest BCUT2D eigenvalue weighted by Crippen LogP contribution is -2.26. The molecular formula is C40H30N4O. The highest BCUT2D eigenvalue weighted by Gasteiger charge is 2.37. The second kappa shape index (κ2) is 8.19. The van der Waals surface area contributed by atoms with E-state index >= 15 is 0 Å². The van der Waals surface area contributed by atoms with Crippen molar-refractivity contribution in [3.63, 3.8) is 0 Å². The molecular weight excluding hydrogens is 552 g/mol. The third-order valence-electron chi connectivity index (χ3n) is 10.4. The topological polar surface area (TPSA) is 44.9 Å². The summed E-state index contributed by atoms with van der Waals surface area (Å²) in [7, 11) is 0. The zero-order valence-electron chi connectivity index (χ0n) is 25.6. The Morgan fingerprint density at radius 3 is 1.98 bits per heavy atom. The summed E-state index contributed by atoms with van der Waals surface area (Å²) in [6.45, 7) is 9.22. The Morgan fingerprint density at radius 2 is 1.16 bits per heavy atom. The third kappa shape index (κ3) is 3.03. The van der Waals surface area contributed by atoms with Crippen molar-refractivity contribution in [3.05, 3.63) is 132 Å². The molecule has 4 aromatic carbocycles. The normalized spacial score (nSPS) is 15.5. The van der Waals surface area contributed by atoms with Gasteiger partial charge >= 0.3 is 0 Å². The lowest BCUT2D eigenvalue weighted by molar-refractivity contribution is 0.482. The largest absolute Gasteiger partial charge is 0.457 e. The first-order valence-electron chi connectivity index (χ1n) is 15.6. The maximum atomic E-state index is 6.70. The number of fused-ring (bicyclic) bond motifs is 10. The van der Waals surface area contributed by atoms with Gasteiger partial charge in [-0.3, -0.25) is 9.13 Å². The summed E-state index contributed by atoms with van der Waals surface area (Å²) in [5.74, 6) is 2.58. The number of benzene rings is 4. The zero-order chi connectivity index (χ0) is 30.2. The fourth-order valence-corrected chi connectivity index (χ4v) is 8.24. The van der Waals surface area contributed by atoms with Gasteiger partial charge in [0.1, 0.15) is 23.0 Å². The van der Waals surface area contributed by atoms with Crippen molar-refractivity contribution in [2.75, 3.05) is 0 Å². The van der Waals surface area contributed by atoms with E-state index in [0.29, 0.717) is 0 Å². The summed E-state index contributed by atoms with van der Waals surface area (Å²) in [6, 6.07) is 34.7. The first-order valence-corrected chi connectivity index (χ1v) is 15.6. The number of hydrogen-bond donors (Lipinski definition) is 0. The van der Waals surface area contributed by atoms with E-state index in [9.17, 15) is 0 Å². The quantitative estimate of drug-likeness (QED) is 0.204. The molecule has 10 rings (SSSR count). The van der Waals surface area contributed by atoms with Crippen LogP contribution < -0.4 is 4.74 Å². The van der Waals surface area contributed by atoms with Crippen LogP contribution in [0.15, 0.2) is 109 Å². The van der Waals surface area contributed by atoms with Gasteiger partial charge in [0.25, 0.3) is 0 Å². The minimum absolute atomic E-state index is 0.148. The average molecular weight is 583 g/mol. The van der Waals surface area contributed by atoms with Crippen molar-refractivity contribution in [1.82, 2.24) is 19.1 Å². The Hall–Kier alpha value is -5.42. The highest BCUT2D eigenvalue weighted by atomic mass is 16.5. The van der Waals surface area contributed by atoms with Gasteiger partial charge in [0, 0.05) is 62.5 Å². The highest BCUT2D eigenvalue weighted by Crippen LogP contribution is 2.49. The van der Waals surface area contributed by atoms with E-state index in [4.69, 9.17) is 14.7 Å². The smallest absolute Gasteiger partial charge is 0.145 e. The maximum Gasteiger partial charge on any atom is 0.145 e. The number of ether oxygens (including phenoxy) is 1. The molecule has 5 nitrogen and oxygen atoms in total. The Labute approximate surface area is 260 Å². The van der Waals surface area contributed by atoms with Gasteiger partial charge in [-0.1, -0.05) is 76.2 Å². The predicted octanol–water partition coefficient (Wildman–Crippen LogP) is 9.74. The second-order valence-corrected chi connectivity index (χ2v) is 13.5. The SMILES string of the molecule is CC1(C)c2cccnc2-n2c3cc(Oc4ccc5c(c4)-n4c6ncccc6c6cccc(c64)C5(C)C)ccc3c3cccc1c32. The molecule has 0 fully saturated rings. The summed E-state index contributed by atoms with van der Waals surface area (Å²) in [4.78, 5) is 9.76. The molecule has 0 radical (unpaired) electrons. The summed E-state index contributed by atoms with van der Waals surface area (Å²) in [5.41, 5.74) is 10.4. The molecule has 0 amide bonds. The summed E-state index contributed by atoms with van der Waals surface area (Å²) >= 11 is 0. The van der Waals surface area contributed by atoms with Crippen molar-refractivity contribution in [2.45, 2.75) is 38.5 Å². The van der Waals surface area contributed by atoms with Crippen LogP contribution in [0.4, 0.5) is 0 Å². The lowest BCUT2D eigenvalue weighted by atomic mass is 9.74. The molecule has 4 aromatic heterocycles. The van der Waals surface area contributed by atoms with Crippen LogP contribution in [0, 0.1) is 0 Å². The fraction of sp³-hybridized carbons (Fsp3) is 0.150. The number of rotatable bonds is 2. The Morgan fingerprint density at radius 1 is 0.533 bits per heavy atom. The van der Waals surface area contributed by atoms with Gasteiger partial charge in [-0.2, -0.15) is 0 Å². The first-order chi connectivity index (χ1) is 21.8. The minimum atomic E-state index is -0.169. The van der Waals surface area contributed by atoms with E-state index in [1.807, 2.05) is 24.5 Å². The summed E-state index contributed by atoms with van der Waals surface area (Å²) < 4.78 is 11.4. The van der Waals surface area contributed by atoms with Crippen molar-refractivity contribution in [1.29, 1.82) is 0 Å². The molecule has 2 aliphatic heterocycles. The summed E-state index contributed by atoms with van der Waals surface area (Å²) in [6.07, 6.45) is 3.78. The van der Waals surface area contributed by atoms with E-state index in [0.717, 1.165) is 34.2 Å². The number of pyridine rings is 2. The van der Waals surface area contributed by atoms with Gasteiger partial charge in [0.2, 0.25) is 0 Å². The van der Waals surface area contributed by atoms with Crippen LogP contribution in [0.2, 0.25) is 0 Å². The molecule has 0 saturated carbocycles. The molecule has 45 heavy (non-hydrogen) atoms. The van der Waals surface area contributed by atoms with Crippen molar-refractivity contribution >= 4 is 43.7 Å². The maximum absolute atomic E-state index is 6.70. The van der Waals surface area contributed by atoms with E-state index in [-0.39, 0.29) is 10.8 Å². The Balaban J connectivity index is 1.17. The molecule has 0 saturated heterocycles. The van der Waals surface area contributed by atoms with Gasteiger partial charge in [-0.15, -0.1) is 0 Å². The van der Waals surface area contributed by atoms with Crippen molar-refractivity contribution in [2.24, 2.45) is 0 Å². The molecule has 2 aliphatic rings. The molecule has 0 N–H and O–H groups in total. The van der Waals surface area contributed by atoms with Gasteiger partial charge in [-0.05, 0) is 53.1 Å². The molecule has 0 spiro atoms. The van der Waals surface area contributed by atoms with E-state index in [2.05, 4.69) is 122 Å². The molecule has 0 unspecified atom stereocenters.